The summed E-state index contributed by atoms with van der Waals surface area (Å²) in [6.45, 7) is 9.52. The number of rotatable bonds is 11. The third-order valence-corrected chi connectivity index (χ3v) is 5.44. The highest BCUT2D eigenvalue weighted by Crippen LogP contribution is 2.21. The van der Waals surface area contributed by atoms with Gasteiger partial charge in [-0.1, -0.05) is 24.8 Å². The van der Waals surface area contributed by atoms with Gasteiger partial charge in [0.2, 0.25) is 0 Å². The second-order valence-corrected chi connectivity index (χ2v) is 7.61. The molecule has 1 atom stereocenters. The van der Waals surface area contributed by atoms with E-state index >= 15 is 0 Å². The molecule has 0 radical (unpaired) electrons. The van der Waals surface area contributed by atoms with Crippen molar-refractivity contribution in [1.29, 1.82) is 0 Å². The van der Waals surface area contributed by atoms with E-state index in [0.29, 0.717) is 26.3 Å². The smallest absolute Gasteiger partial charge is 0.255 e. The van der Waals surface area contributed by atoms with Gasteiger partial charge in [0.1, 0.15) is 0 Å². The molecule has 0 saturated carbocycles. The molecule has 1 N–H and O–H groups in total. The summed E-state index contributed by atoms with van der Waals surface area (Å²) in [7, 11) is 1.75. The van der Waals surface area contributed by atoms with E-state index < -0.39 is 0 Å². The highest BCUT2D eigenvalue weighted by atomic mass is 16.5. The summed E-state index contributed by atoms with van der Waals surface area (Å²) in [6, 6.07) is 8.12. The molecule has 0 aliphatic carbocycles. The number of nitrogens with one attached hydrogen (secondary N) is 1. The molecule has 2 aromatic rings. The minimum absolute atomic E-state index is 0.0248. The maximum atomic E-state index is 13.2. The van der Waals surface area contributed by atoms with Gasteiger partial charge in [0, 0.05) is 51.7 Å². The van der Waals surface area contributed by atoms with E-state index in [-0.39, 0.29) is 11.7 Å². The lowest BCUT2D eigenvalue weighted by Gasteiger charge is -2.15. The summed E-state index contributed by atoms with van der Waals surface area (Å²) in [5.41, 5.74) is 3.69. The number of fused-ring (bicyclic) bond motifs is 1. The van der Waals surface area contributed by atoms with Gasteiger partial charge in [0.15, 0.2) is 0 Å². The van der Waals surface area contributed by atoms with Crippen LogP contribution in [0.25, 0.3) is 16.5 Å². The highest BCUT2D eigenvalue weighted by molar-refractivity contribution is 6.11. The lowest BCUT2D eigenvalue weighted by Crippen LogP contribution is -2.31. The summed E-state index contributed by atoms with van der Waals surface area (Å²) in [5, 5.41) is 4.42. The molecule has 2 heterocycles. The number of ether oxygens (including phenoxy) is 2. The van der Waals surface area contributed by atoms with Crippen molar-refractivity contribution in [3.63, 3.8) is 0 Å². The minimum atomic E-state index is 0.0248. The Labute approximate surface area is 184 Å². The molecule has 1 saturated heterocycles. The van der Waals surface area contributed by atoms with E-state index in [2.05, 4.69) is 23.0 Å². The molecular formula is C25H33N3O3. The summed E-state index contributed by atoms with van der Waals surface area (Å²) >= 11 is 0. The van der Waals surface area contributed by atoms with Crippen LogP contribution in [0.4, 0.5) is 0 Å². The number of hydrogen-bond acceptors (Lipinski definition) is 5. The first-order valence-electron chi connectivity index (χ1n) is 11.0. The van der Waals surface area contributed by atoms with Gasteiger partial charge >= 0.3 is 0 Å². The molecule has 31 heavy (non-hydrogen) atoms. The minimum Gasteiger partial charge on any atom is -0.380 e. The predicted molar refractivity (Wildman–Crippen MR) is 128 cm³/mol. The first kappa shape index (κ1) is 23.1. The summed E-state index contributed by atoms with van der Waals surface area (Å²) in [6.07, 6.45) is 7.93. The number of hydrogen-bond donors (Lipinski definition) is 1. The van der Waals surface area contributed by atoms with Crippen LogP contribution in [0.2, 0.25) is 0 Å². The van der Waals surface area contributed by atoms with Crippen molar-refractivity contribution in [2.24, 2.45) is 4.99 Å². The molecule has 1 aromatic carbocycles. The molecule has 1 aliphatic heterocycles. The molecule has 166 valence electrons. The Balaban J connectivity index is 1.96. The lowest BCUT2D eigenvalue weighted by atomic mass is 10.0. The monoisotopic (exact) mass is 423 g/mol. The second-order valence-electron chi connectivity index (χ2n) is 7.61. The molecule has 1 unspecified atom stereocenters. The Hall–Kier alpha value is -2.54. The van der Waals surface area contributed by atoms with E-state index in [4.69, 9.17) is 9.47 Å². The molecular weight excluding hydrogens is 390 g/mol. The van der Waals surface area contributed by atoms with Crippen molar-refractivity contribution in [3.8, 4) is 0 Å². The van der Waals surface area contributed by atoms with Crippen LogP contribution in [0.15, 0.2) is 52.8 Å². The van der Waals surface area contributed by atoms with Gasteiger partial charge in [0.05, 0.1) is 18.2 Å². The van der Waals surface area contributed by atoms with Crippen LogP contribution in [-0.2, 0) is 22.6 Å². The van der Waals surface area contributed by atoms with E-state index in [1.807, 2.05) is 42.0 Å². The van der Waals surface area contributed by atoms with Crippen molar-refractivity contribution in [1.82, 2.24) is 9.88 Å². The van der Waals surface area contributed by atoms with Crippen molar-refractivity contribution >= 4 is 22.7 Å². The van der Waals surface area contributed by atoms with Gasteiger partial charge in [-0.2, -0.15) is 0 Å². The van der Waals surface area contributed by atoms with Gasteiger partial charge in [-0.15, -0.1) is 0 Å². The Morgan fingerprint density at radius 2 is 2.29 bits per heavy atom. The molecule has 1 fully saturated rings. The largest absolute Gasteiger partial charge is 0.380 e. The molecule has 0 spiro atoms. The van der Waals surface area contributed by atoms with Crippen LogP contribution in [0, 0.1) is 0 Å². The van der Waals surface area contributed by atoms with Crippen molar-refractivity contribution in [2.75, 3.05) is 33.4 Å². The first-order chi connectivity index (χ1) is 15.2. The fourth-order valence-electron chi connectivity index (χ4n) is 3.93. The zero-order valence-electron chi connectivity index (χ0n) is 18.6. The summed E-state index contributed by atoms with van der Waals surface area (Å²) in [5.74, 6) is 0. The Morgan fingerprint density at radius 3 is 3.00 bits per heavy atom. The second kappa shape index (κ2) is 11.7. The number of aliphatic imine (C=N–C) groups is 1. The Kier molecular flexibility index (Phi) is 8.76. The third-order valence-electron chi connectivity index (χ3n) is 5.44. The SMILES string of the molecule is C=C/C=C(\C=NC)c1ccc2c(c1)cc(CNCC1CCCO1)c(=O)n2CCOCC. The Bertz CT molecular complexity index is 1000. The number of aromatic nitrogens is 1. The molecule has 1 aliphatic rings. The maximum absolute atomic E-state index is 13.2. The van der Waals surface area contributed by atoms with E-state index in [1.165, 1.54) is 0 Å². The fourth-order valence-corrected chi connectivity index (χ4v) is 3.93. The first-order valence-corrected chi connectivity index (χ1v) is 11.0. The van der Waals surface area contributed by atoms with Crippen LogP contribution in [0.1, 0.15) is 30.9 Å². The van der Waals surface area contributed by atoms with Gasteiger partial charge in [-0.25, -0.2) is 0 Å². The van der Waals surface area contributed by atoms with Gasteiger partial charge in [-0.3, -0.25) is 9.79 Å². The van der Waals surface area contributed by atoms with E-state index in [9.17, 15) is 4.79 Å². The quantitative estimate of drug-likeness (QED) is 0.341. The van der Waals surface area contributed by atoms with Crippen LogP contribution < -0.4 is 10.9 Å². The zero-order valence-corrected chi connectivity index (χ0v) is 18.6. The topological polar surface area (TPSA) is 64.9 Å². The van der Waals surface area contributed by atoms with Crippen molar-refractivity contribution in [3.05, 3.63) is 64.5 Å². The fraction of sp³-hybridized carbons (Fsp3) is 0.440. The van der Waals surface area contributed by atoms with Gasteiger partial charge in [0.25, 0.3) is 5.56 Å². The number of allylic oxidation sites excluding steroid dienone is 3. The standard InChI is InChI=1S/C25H33N3O3/c1-4-7-20(16-26-3)19-9-10-24-21(14-19)15-22(17-27-18-23-8-6-12-31-23)25(29)28(24)11-13-30-5-2/h4,7,9-10,14-16,23,27H,1,5-6,8,11-13,17-18H2,2-3H3/b20-7+,26-16?. The van der Waals surface area contributed by atoms with Crippen molar-refractivity contribution < 1.29 is 9.47 Å². The molecule has 0 bridgehead atoms. The van der Waals surface area contributed by atoms with Gasteiger partial charge < -0.3 is 19.4 Å². The summed E-state index contributed by atoms with van der Waals surface area (Å²) < 4.78 is 13.0. The molecule has 6 nitrogen and oxygen atoms in total. The van der Waals surface area contributed by atoms with Crippen LogP contribution >= 0.6 is 0 Å². The predicted octanol–water partition coefficient (Wildman–Crippen LogP) is 3.58. The molecule has 0 amide bonds. The zero-order chi connectivity index (χ0) is 22.1. The maximum Gasteiger partial charge on any atom is 0.255 e. The van der Waals surface area contributed by atoms with E-state index in [1.54, 1.807) is 13.1 Å². The van der Waals surface area contributed by atoms with E-state index in [0.717, 1.165) is 53.6 Å². The highest BCUT2D eigenvalue weighted by Gasteiger charge is 2.16. The molecule has 6 heteroatoms. The van der Waals surface area contributed by atoms with Gasteiger partial charge in [-0.05, 0) is 54.5 Å². The normalized spacial score (nSPS) is 17.1. The number of benzene rings is 1. The van der Waals surface area contributed by atoms with Crippen LogP contribution in [-0.4, -0.2) is 50.3 Å². The third kappa shape index (κ3) is 6.00. The molecule has 1 aromatic heterocycles. The lowest BCUT2D eigenvalue weighted by molar-refractivity contribution is 0.110. The number of nitrogens with zero attached hydrogens (tertiary/aromatic N) is 2. The average Bonchev–Trinajstić information content (AvgIpc) is 3.29. The molecule has 3 rings (SSSR count). The number of pyridine rings is 1. The summed E-state index contributed by atoms with van der Waals surface area (Å²) in [4.78, 5) is 17.4. The average molecular weight is 424 g/mol. The van der Waals surface area contributed by atoms with Crippen LogP contribution in [0.3, 0.4) is 0 Å². The Morgan fingerprint density at radius 1 is 1.42 bits per heavy atom. The van der Waals surface area contributed by atoms with Crippen LogP contribution in [0.5, 0.6) is 0 Å². The van der Waals surface area contributed by atoms with Crippen molar-refractivity contribution in [2.45, 2.75) is 39.0 Å².